The van der Waals surface area contributed by atoms with E-state index in [0.29, 0.717) is 6.54 Å². The second kappa shape index (κ2) is 4.77. The number of carbonyl (C=O) groups excluding carboxylic acids is 1. The van der Waals surface area contributed by atoms with Crippen LogP contribution in [0.15, 0.2) is 70.9 Å². The first kappa shape index (κ1) is 13.2. The van der Waals surface area contributed by atoms with Gasteiger partial charge in [0.05, 0.1) is 12.6 Å². The third-order valence-electron chi connectivity index (χ3n) is 4.73. The molecule has 0 radical (unpaired) electrons. The summed E-state index contributed by atoms with van der Waals surface area (Å²) in [4.78, 5) is 14.8. The zero-order chi connectivity index (χ0) is 15.2. The van der Waals surface area contributed by atoms with Gasteiger partial charge in [0.2, 0.25) is 0 Å². The molecule has 4 heteroatoms. The van der Waals surface area contributed by atoms with Gasteiger partial charge in [-0.3, -0.25) is 9.69 Å². The number of para-hydroxylation sites is 1. The van der Waals surface area contributed by atoms with Gasteiger partial charge in [-0.05, 0) is 17.7 Å². The van der Waals surface area contributed by atoms with Crippen molar-refractivity contribution in [3.05, 3.63) is 66.2 Å². The Morgan fingerprint density at radius 3 is 2.27 bits per heavy atom. The first-order valence-corrected chi connectivity index (χ1v) is 7.57. The van der Waals surface area contributed by atoms with E-state index in [-0.39, 0.29) is 17.9 Å². The summed E-state index contributed by atoms with van der Waals surface area (Å²) in [5.74, 6) is 0.187. The lowest BCUT2D eigenvalue weighted by atomic mass is 9.68. The Morgan fingerprint density at radius 1 is 1.05 bits per heavy atom. The molecule has 2 aromatic carbocycles. The van der Waals surface area contributed by atoms with Crippen LogP contribution in [0.4, 0.5) is 5.69 Å². The number of hydrogen-bond acceptors (Lipinski definition) is 3. The second-order valence-electron chi connectivity index (χ2n) is 5.97. The number of hydrogen-bond donors (Lipinski definition) is 0. The highest BCUT2D eigenvalue weighted by Crippen LogP contribution is 2.54. The summed E-state index contributed by atoms with van der Waals surface area (Å²) in [6, 6.07) is 19.9. The van der Waals surface area contributed by atoms with Crippen LogP contribution in [-0.4, -0.2) is 18.0 Å². The number of β-lactam (4-membered cyclic amide) rings is 1. The lowest BCUT2D eigenvalue weighted by Crippen LogP contribution is -2.69. The smallest absolute Gasteiger partial charge is 0.260 e. The van der Waals surface area contributed by atoms with Crippen LogP contribution in [0.5, 0.6) is 0 Å². The molecule has 3 atom stereocenters. The quantitative estimate of drug-likeness (QED) is 0.779. The Hall–Kier alpha value is -2.49. The Labute approximate surface area is 129 Å². The van der Waals surface area contributed by atoms with E-state index in [0.717, 1.165) is 11.3 Å². The van der Waals surface area contributed by atoms with Gasteiger partial charge in [-0.25, -0.2) is 0 Å². The topological polar surface area (TPSA) is 45.0 Å². The van der Waals surface area contributed by atoms with Crippen molar-refractivity contribution < 1.29 is 4.79 Å². The van der Waals surface area contributed by atoms with Crippen LogP contribution >= 0.6 is 0 Å². The summed E-state index contributed by atoms with van der Waals surface area (Å²) in [5.41, 5.74) is 1.30. The summed E-state index contributed by atoms with van der Waals surface area (Å²) in [6.07, 6.45) is 0. The Kier molecular flexibility index (Phi) is 2.86. The Bertz CT molecular complexity index is 729. The largest absolute Gasteiger partial charge is 0.300 e. The number of nitrogens with zero attached hydrogens (tertiary/aromatic N) is 3. The molecule has 2 aliphatic heterocycles. The molecule has 4 rings (SSSR count). The van der Waals surface area contributed by atoms with Crippen LogP contribution < -0.4 is 4.90 Å². The van der Waals surface area contributed by atoms with E-state index in [9.17, 15) is 4.79 Å². The summed E-state index contributed by atoms with van der Waals surface area (Å²) in [6.45, 7) is 2.69. The number of carbonyl (C=O) groups is 1. The lowest BCUT2D eigenvalue weighted by Gasteiger charge is -2.53. The number of benzene rings is 2. The molecule has 2 heterocycles. The minimum atomic E-state index is -0.725. The molecule has 0 aromatic heterocycles. The third kappa shape index (κ3) is 1.61. The molecule has 0 N–H and O–H groups in total. The fraction of sp³-hybridized carbons (Fsp3) is 0.278. The van der Waals surface area contributed by atoms with Crippen LogP contribution in [-0.2, 0) is 4.79 Å². The predicted octanol–water partition coefficient (Wildman–Crippen LogP) is 3.62. The molecule has 1 spiro atoms. The van der Waals surface area contributed by atoms with Crippen molar-refractivity contribution in [2.75, 3.05) is 11.4 Å². The van der Waals surface area contributed by atoms with Crippen molar-refractivity contribution in [2.24, 2.45) is 16.1 Å². The van der Waals surface area contributed by atoms with Crippen molar-refractivity contribution in [3.63, 3.8) is 0 Å². The Morgan fingerprint density at radius 2 is 1.68 bits per heavy atom. The van der Waals surface area contributed by atoms with Crippen molar-refractivity contribution in [1.82, 2.24) is 0 Å². The zero-order valence-electron chi connectivity index (χ0n) is 12.4. The maximum absolute atomic E-state index is 13.0. The summed E-state index contributed by atoms with van der Waals surface area (Å²) >= 11 is 0. The molecular weight excluding hydrogens is 274 g/mol. The molecule has 1 amide bonds. The molecule has 22 heavy (non-hydrogen) atoms. The molecule has 110 valence electrons. The summed E-state index contributed by atoms with van der Waals surface area (Å²) in [5, 5.41) is 8.57. The standard InChI is InChI=1S/C18H17N3O/c1-13-12-19-20-18(13)16(14-8-4-2-5-9-14)21(17(18)22)15-10-6-3-7-11-15/h2-11,13,16H,12H2,1H3. The zero-order valence-corrected chi connectivity index (χ0v) is 12.4. The van der Waals surface area contributed by atoms with Gasteiger partial charge in [0.1, 0.15) is 0 Å². The van der Waals surface area contributed by atoms with E-state index in [1.165, 1.54) is 0 Å². The molecule has 0 aliphatic carbocycles. The van der Waals surface area contributed by atoms with Crippen LogP contribution in [0, 0.1) is 5.92 Å². The van der Waals surface area contributed by atoms with E-state index in [1.807, 2.05) is 53.4 Å². The summed E-state index contributed by atoms with van der Waals surface area (Å²) in [7, 11) is 0. The van der Waals surface area contributed by atoms with Gasteiger partial charge in [0.25, 0.3) is 5.91 Å². The molecule has 2 aliphatic rings. The lowest BCUT2D eigenvalue weighted by molar-refractivity contribution is -0.134. The summed E-state index contributed by atoms with van der Waals surface area (Å²) < 4.78 is 0. The fourth-order valence-corrected chi connectivity index (χ4v) is 3.55. The number of amides is 1. The molecule has 1 saturated heterocycles. The number of anilines is 1. The van der Waals surface area contributed by atoms with Gasteiger partial charge in [-0.2, -0.15) is 10.2 Å². The predicted molar refractivity (Wildman–Crippen MR) is 84.7 cm³/mol. The van der Waals surface area contributed by atoms with Gasteiger partial charge in [-0.1, -0.05) is 55.5 Å². The highest BCUT2D eigenvalue weighted by atomic mass is 16.2. The first-order valence-electron chi connectivity index (χ1n) is 7.57. The molecular formula is C18H17N3O. The van der Waals surface area contributed by atoms with Crippen LogP contribution in [0.1, 0.15) is 18.5 Å². The van der Waals surface area contributed by atoms with Crippen LogP contribution in [0.25, 0.3) is 0 Å². The highest BCUT2D eigenvalue weighted by Gasteiger charge is 2.66. The molecule has 3 unspecified atom stereocenters. The van der Waals surface area contributed by atoms with Crippen molar-refractivity contribution in [3.8, 4) is 0 Å². The molecule has 1 fully saturated rings. The molecule has 4 nitrogen and oxygen atoms in total. The fourth-order valence-electron chi connectivity index (χ4n) is 3.55. The van der Waals surface area contributed by atoms with Gasteiger partial charge >= 0.3 is 0 Å². The average Bonchev–Trinajstić information content (AvgIpc) is 2.97. The van der Waals surface area contributed by atoms with Crippen molar-refractivity contribution in [2.45, 2.75) is 18.5 Å². The minimum absolute atomic E-state index is 0.0568. The van der Waals surface area contributed by atoms with E-state index in [1.54, 1.807) is 0 Å². The Balaban J connectivity index is 1.83. The van der Waals surface area contributed by atoms with Gasteiger partial charge in [-0.15, -0.1) is 0 Å². The van der Waals surface area contributed by atoms with Crippen molar-refractivity contribution >= 4 is 11.6 Å². The SMILES string of the molecule is CC1CN=NC12C(=O)N(c1ccccc1)C2c1ccccc1. The van der Waals surface area contributed by atoms with E-state index in [4.69, 9.17) is 0 Å². The van der Waals surface area contributed by atoms with Gasteiger partial charge < -0.3 is 0 Å². The van der Waals surface area contributed by atoms with E-state index >= 15 is 0 Å². The van der Waals surface area contributed by atoms with Gasteiger partial charge in [0, 0.05) is 11.6 Å². The average molecular weight is 291 g/mol. The maximum Gasteiger partial charge on any atom is 0.260 e. The van der Waals surface area contributed by atoms with E-state index in [2.05, 4.69) is 29.3 Å². The minimum Gasteiger partial charge on any atom is -0.300 e. The molecule has 2 aromatic rings. The normalized spacial score (nSPS) is 29.9. The number of rotatable bonds is 2. The highest BCUT2D eigenvalue weighted by molar-refractivity contribution is 6.09. The van der Waals surface area contributed by atoms with E-state index < -0.39 is 5.54 Å². The van der Waals surface area contributed by atoms with Gasteiger partial charge in [0.15, 0.2) is 5.54 Å². The molecule has 0 bridgehead atoms. The first-order chi connectivity index (χ1) is 10.7. The van der Waals surface area contributed by atoms with Crippen LogP contribution in [0.2, 0.25) is 0 Å². The number of azo groups is 1. The second-order valence-corrected chi connectivity index (χ2v) is 5.97. The molecule has 0 saturated carbocycles. The third-order valence-corrected chi connectivity index (χ3v) is 4.73. The van der Waals surface area contributed by atoms with Crippen LogP contribution in [0.3, 0.4) is 0 Å². The van der Waals surface area contributed by atoms with Crippen molar-refractivity contribution in [1.29, 1.82) is 0 Å². The maximum atomic E-state index is 13.0. The monoisotopic (exact) mass is 291 g/mol.